The Labute approximate surface area is 180 Å². The van der Waals surface area contributed by atoms with Crippen LogP contribution in [0.1, 0.15) is 38.2 Å². The summed E-state index contributed by atoms with van der Waals surface area (Å²) in [5.74, 6) is 0.131. The molecule has 1 saturated carbocycles. The number of rotatable bonds is 5. The molecule has 0 unspecified atom stereocenters. The number of carbonyl (C=O) groups is 1. The summed E-state index contributed by atoms with van der Waals surface area (Å²) in [5, 5.41) is 19.5. The van der Waals surface area contributed by atoms with E-state index in [0.717, 1.165) is 41.1 Å². The summed E-state index contributed by atoms with van der Waals surface area (Å²) in [6.45, 7) is 2.17. The molecule has 3 aromatic rings. The fraction of sp³-hybridized carbons (Fsp3) is 0.292. The van der Waals surface area contributed by atoms with Crippen molar-refractivity contribution < 1.29 is 4.79 Å². The molecule has 1 amide bonds. The van der Waals surface area contributed by atoms with Crippen molar-refractivity contribution in [2.75, 3.05) is 0 Å². The summed E-state index contributed by atoms with van der Waals surface area (Å²) in [6, 6.07) is 16.0. The first-order valence-corrected chi connectivity index (χ1v) is 11.2. The van der Waals surface area contributed by atoms with Gasteiger partial charge in [0, 0.05) is 17.8 Å². The second-order valence-corrected chi connectivity index (χ2v) is 8.65. The average molecular weight is 417 g/mol. The van der Waals surface area contributed by atoms with Crippen LogP contribution in [0.5, 0.6) is 0 Å². The van der Waals surface area contributed by atoms with Gasteiger partial charge in [0.2, 0.25) is 0 Å². The van der Waals surface area contributed by atoms with Crippen LogP contribution >= 0.6 is 11.3 Å². The topological polar surface area (TPSA) is 70.7 Å². The number of nitrogens with one attached hydrogen (secondary N) is 1. The molecule has 6 heteroatoms. The van der Waals surface area contributed by atoms with Crippen LogP contribution in [0.2, 0.25) is 0 Å². The van der Waals surface area contributed by atoms with Crippen molar-refractivity contribution >= 4 is 23.3 Å². The van der Waals surface area contributed by atoms with Gasteiger partial charge in [0.25, 0.3) is 5.91 Å². The molecule has 30 heavy (non-hydrogen) atoms. The van der Waals surface area contributed by atoms with Gasteiger partial charge in [-0.1, -0.05) is 44.0 Å². The highest BCUT2D eigenvalue weighted by Crippen LogP contribution is 2.29. The van der Waals surface area contributed by atoms with E-state index in [4.69, 9.17) is 5.10 Å². The van der Waals surface area contributed by atoms with Crippen LogP contribution in [0, 0.1) is 17.2 Å². The highest BCUT2D eigenvalue weighted by atomic mass is 32.1. The Bertz CT molecular complexity index is 1080. The van der Waals surface area contributed by atoms with Crippen LogP contribution in [0.15, 0.2) is 59.6 Å². The van der Waals surface area contributed by atoms with E-state index < -0.39 is 0 Å². The third-order valence-electron chi connectivity index (χ3n) is 5.61. The summed E-state index contributed by atoms with van der Waals surface area (Å²) in [7, 11) is 0. The van der Waals surface area contributed by atoms with Gasteiger partial charge in [-0.2, -0.15) is 10.4 Å². The number of aromatic nitrogens is 2. The molecule has 0 bridgehead atoms. The van der Waals surface area contributed by atoms with Gasteiger partial charge in [-0.15, -0.1) is 11.3 Å². The number of nitriles is 1. The van der Waals surface area contributed by atoms with E-state index in [2.05, 4.69) is 18.3 Å². The lowest BCUT2D eigenvalue weighted by molar-refractivity contribution is -0.118. The van der Waals surface area contributed by atoms with E-state index in [1.54, 1.807) is 22.1 Å². The van der Waals surface area contributed by atoms with Crippen LogP contribution in [0.3, 0.4) is 0 Å². The molecule has 1 aliphatic rings. The Balaban J connectivity index is 1.67. The van der Waals surface area contributed by atoms with Crippen LogP contribution in [-0.4, -0.2) is 21.7 Å². The predicted octanol–water partition coefficient (Wildman–Crippen LogP) is 5.20. The second-order valence-electron chi connectivity index (χ2n) is 7.70. The first-order valence-electron chi connectivity index (χ1n) is 10.3. The maximum Gasteiger partial charge on any atom is 0.262 e. The largest absolute Gasteiger partial charge is 0.348 e. The molecule has 4 rings (SSSR count). The number of hydrogen-bond acceptors (Lipinski definition) is 4. The minimum absolute atomic E-state index is 0.109. The highest BCUT2D eigenvalue weighted by molar-refractivity contribution is 7.13. The molecule has 0 radical (unpaired) electrons. The van der Waals surface area contributed by atoms with Crippen LogP contribution < -0.4 is 5.32 Å². The molecular weight excluding hydrogens is 392 g/mol. The zero-order valence-electron chi connectivity index (χ0n) is 16.9. The number of amides is 1. The van der Waals surface area contributed by atoms with Crippen molar-refractivity contribution in [3.8, 4) is 22.3 Å². The van der Waals surface area contributed by atoms with E-state index in [0.29, 0.717) is 5.92 Å². The number of para-hydroxylation sites is 1. The summed E-state index contributed by atoms with van der Waals surface area (Å²) in [6.07, 6.45) is 7.94. The zero-order valence-corrected chi connectivity index (χ0v) is 17.7. The molecule has 152 valence electrons. The smallest absolute Gasteiger partial charge is 0.262 e. The maximum absolute atomic E-state index is 12.8. The second kappa shape index (κ2) is 9.10. The van der Waals surface area contributed by atoms with E-state index in [9.17, 15) is 10.1 Å². The fourth-order valence-corrected chi connectivity index (χ4v) is 4.62. The SMILES string of the molecule is C[C@@H]1CCCC[C@@H]1NC(=O)/C(C#N)=C/c1cn(-c2ccccc2)nc1-c1cccs1. The minimum atomic E-state index is -0.305. The molecule has 2 heterocycles. The van der Waals surface area contributed by atoms with Crippen molar-refractivity contribution in [2.45, 2.75) is 38.6 Å². The Morgan fingerprint density at radius 2 is 2.03 bits per heavy atom. The Kier molecular flexibility index (Phi) is 6.10. The van der Waals surface area contributed by atoms with Gasteiger partial charge in [0.1, 0.15) is 17.3 Å². The molecule has 2 atom stereocenters. The Hall–Kier alpha value is -3.17. The average Bonchev–Trinajstić information content (AvgIpc) is 3.44. The molecule has 0 saturated heterocycles. The van der Waals surface area contributed by atoms with E-state index in [-0.39, 0.29) is 17.5 Å². The standard InChI is InChI=1S/C24H24N4OS/c1-17-8-5-6-11-21(17)26-24(29)18(15-25)14-19-16-28(20-9-3-2-4-10-20)27-23(19)22-12-7-13-30-22/h2-4,7,9-10,12-14,16-17,21H,5-6,8,11H2,1H3,(H,26,29)/b18-14+/t17-,21+/m1/s1. The summed E-state index contributed by atoms with van der Waals surface area (Å²) < 4.78 is 1.79. The molecule has 2 aromatic heterocycles. The van der Waals surface area contributed by atoms with Gasteiger partial charge in [0.15, 0.2) is 0 Å². The third kappa shape index (κ3) is 4.37. The fourth-order valence-electron chi connectivity index (χ4n) is 3.89. The van der Waals surface area contributed by atoms with Crippen LogP contribution in [0.25, 0.3) is 22.3 Å². The van der Waals surface area contributed by atoms with E-state index in [1.807, 2.05) is 54.0 Å². The van der Waals surface area contributed by atoms with Crippen molar-refractivity contribution in [1.82, 2.24) is 15.1 Å². The van der Waals surface area contributed by atoms with Gasteiger partial charge in [-0.25, -0.2) is 4.68 Å². The Morgan fingerprint density at radius 1 is 1.23 bits per heavy atom. The number of nitrogens with zero attached hydrogens (tertiary/aromatic N) is 3. The lowest BCUT2D eigenvalue weighted by atomic mass is 9.86. The van der Waals surface area contributed by atoms with Crippen molar-refractivity contribution in [3.05, 3.63) is 65.2 Å². The number of benzene rings is 1. The first-order chi connectivity index (χ1) is 14.7. The van der Waals surface area contributed by atoms with Gasteiger partial charge < -0.3 is 5.32 Å². The van der Waals surface area contributed by atoms with Crippen molar-refractivity contribution in [2.24, 2.45) is 5.92 Å². The van der Waals surface area contributed by atoms with Crippen LogP contribution in [0.4, 0.5) is 0 Å². The van der Waals surface area contributed by atoms with E-state index in [1.165, 1.54) is 6.42 Å². The lowest BCUT2D eigenvalue weighted by Crippen LogP contribution is -2.41. The maximum atomic E-state index is 12.8. The number of thiophene rings is 1. The molecule has 1 N–H and O–H groups in total. The predicted molar refractivity (Wildman–Crippen MR) is 120 cm³/mol. The normalized spacial score (nSPS) is 19.3. The molecule has 1 aliphatic carbocycles. The molecule has 0 aliphatic heterocycles. The quantitative estimate of drug-likeness (QED) is 0.459. The molecule has 5 nitrogen and oxygen atoms in total. The Morgan fingerprint density at radius 3 is 2.73 bits per heavy atom. The summed E-state index contributed by atoms with van der Waals surface area (Å²) in [4.78, 5) is 13.8. The molecule has 1 aromatic carbocycles. The first kappa shape index (κ1) is 20.1. The number of hydrogen-bond donors (Lipinski definition) is 1. The summed E-state index contributed by atoms with van der Waals surface area (Å²) in [5.41, 5.74) is 2.55. The molecular formula is C24H24N4OS. The van der Waals surface area contributed by atoms with Gasteiger partial charge in [-0.3, -0.25) is 4.79 Å². The highest BCUT2D eigenvalue weighted by Gasteiger charge is 2.24. The van der Waals surface area contributed by atoms with Crippen LogP contribution in [-0.2, 0) is 4.79 Å². The van der Waals surface area contributed by atoms with Crippen molar-refractivity contribution in [1.29, 1.82) is 5.26 Å². The monoisotopic (exact) mass is 416 g/mol. The van der Waals surface area contributed by atoms with Gasteiger partial charge in [-0.05, 0) is 48.4 Å². The molecule has 0 spiro atoms. The minimum Gasteiger partial charge on any atom is -0.348 e. The molecule has 1 fully saturated rings. The number of carbonyl (C=O) groups excluding carboxylic acids is 1. The van der Waals surface area contributed by atoms with E-state index >= 15 is 0 Å². The summed E-state index contributed by atoms with van der Waals surface area (Å²) >= 11 is 1.58. The third-order valence-corrected chi connectivity index (χ3v) is 6.49. The lowest BCUT2D eigenvalue weighted by Gasteiger charge is -2.29. The van der Waals surface area contributed by atoms with Gasteiger partial charge >= 0.3 is 0 Å². The van der Waals surface area contributed by atoms with Crippen molar-refractivity contribution in [3.63, 3.8) is 0 Å². The van der Waals surface area contributed by atoms with Gasteiger partial charge in [0.05, 0.1) is 10.6 Å². The zero-order chi connectivity index (χ0) is 20.9.